The summed E-state index contributed by atoms with van der Waals surface area (Å²) in [6.45, 7) is 0. The molecule has 1 aromatic carbocycles. The zero-order chi connectivity index (χ0) is 14.9. The van der Waals surface area contributed by atoms with Crippen LogP contribution in [0.3, 0.4) is 0 Å². The number of rotatable bonds is 3. The molecule has 2 rings (SSSR count). The van der Waals surface area contributed by atoms with E-state index in [1.165, 1.54) is 12.1 Å². The first-order chi connectivity index (χ1) is 9.29. The Labute approximate surface area is 127 Å². The van der Waals surface area contributed by atoms with Crippen LogP contribution < -0.4 is 4.72 Å². The zero-order valence-electron chi connectivity index (χ0n) is 9.57. The molecule has 1 aromatic heterocycles. The van der Waals surface area contributed by atoms with E-state index < -0.39 is 21.7 Å². The molecule has 0 unspecified atom stereocenters. The van der Waals surface area contributed by atoms with E-state index in [1.807, 2.05) is 4.72 Å². The Morgan fingerprint density at radius 2 is 1.90 bits per heavy atom. The second kappa shape index (κ2) is 5.63. The molecule has 9 heteroatoms. The predicted molar refractivity (Wildman–Crippen MR) is 74.1 cm³/mol. The molecule has 0 saturated carbocycles. The van der Waals surface area contributed by atoms with Gasteiger partial charge in [0.25, 0.3) is 10.0 Å². The van der Waals surface area contributed by atoms with Crippen LogP contribution in [0.5, 0.6) is 0 Å². The summed E-state index contributed by atoms with van der Waals surface area (Å²) in [5, 5.41) is 0.125. The van der Waals surface area contributed by atoms with Gasteiger partial charge in [0, 0.05) is 12.3 Å². The molecule has 20 heavy (non-hydrogen) atoms. The number of aromatic nitrogens is 1. The standard InChI is InChI=1S/C11H6BrClF2N2O2S/c12-7-3-10(9(15)4-8(7)14)17-20(18,19)6-1-2-11(13)16-5-6/h1-5,17H. The van der Waals surface area contributed by atoms with Crippen LogP contribution in [0.4, 0.5) is 14.5 Å². The third kappa shape index (κ3) is 3.25. The Hall–Kier alpha value is -1.25. The molecule has 106 valence electrons. The second-order valence-electron chi connectivity index (χ2n) is 3.67. The summed E-state index contributed by atoms with van der Waals surface area (Å²) in [4.78, 5) is 3.43. The van der Waals surface area contributed by atoms with Crippen molar-refractivity contribution in [2.24, 2.45) is 0 Å². The van der Waals surface area contributed by atoms with Crippen LogP contribution in [-0.2, 0) is 10.0 Å². The minimum Gasteiger partial charge on any atom is -0.277 e. The third-order valence-corrected chi connectivity index (χ3v) is 4.45. The Morgan fingerprint density at radius 3 is 2.50 bits per heavy atom. The van der Waals surface area contributed by atoms with Crippen LogP contribution in [-0.4, -0.2) is 13.4 Å². The van der Waals surface area contributed by atoms with E-state index in [9.17, 15) is 17.2 Å². The van der Waals surface area contributed by atoms with Crippen molar-refractivity contribution < 1.29 is 17.2 Å². The molecule has 1 heterocycles. The molecular formula is C11H6BrClF2N2O2S. The van der Waals surface area contributed by atoms with Crippen LogP contribution in [0.2, 0.25) is 5.15 Å². The maximum Gasteiger partial charge on any atom is 0.263 e. The van der Waals surface area contributed by atoms with E-state index >= 15 is 0 Å². The highest BCUT2D eigenvalue weighted by molar-refractivity contribution is 9.10. The van der Waals surface area contributed by atoms with Gasteiger partial charge in [-0.3, -0.25) is 4.72 Å². The molecular weight excluding hydrogens is 378 g/mol. The summed E-state index contributed by atoms with van der Waals surface area (Å²) in [6, 6.07) is 4.06. The lowest BCUT2D eigenvalue weighted by Gasteiger charge is -2.09. The van der Waals surface area contributed by atoms with Crippen LogP contribution >= 0.6 is 27.5 Å². The lowest BCUT2D eigenvalue weighted by molar-refractivity contribution is 0.579. The SMILES string of the molecule is O=S(=O)(Nc1cc(Br)c(F)cc1F)c1ccc(Cl)nc1. The quantitative estimate of drug-likeness (QED) is 0.651. The van der Waals surface area contributed by atoms with Gasteiger partial charge >= 0.3 is 0 Å². The fourth-order valence-electron chi connectivity index (χ4n) is 1.33. The maximum absolute atomic E-state index is 13.5. The fraction of sp³-hybridized carbons (Fsp3) is 0. The number of hydrogen-bond donors (Lipinski definition) is 1. The second-order valence-corrected chi connectivity index (χ2v) is 6.59. The Bertz CT molecular complexity index is 754. The topological polar surface area (TPSA) is 59.1 Å². The number of hydrogen-bond acceptors (Lipinski definition) is 3. The van der Waals surface area contributed by atoms with Crippen LogP contribution in [0.15, 0.2) is 39.8 Å². The Kier molecular flexibility index (Phi) is 4.26. The highest BCUT2D eigenvalue weighted by Gasteiger charge is 2.18. The number of halogens is 4. The summed E-state index contributed by atoms with van der Waals surface area (Å²) in [5.74, 6) is -1.87. The van der Waals surface area contributed by atoms with E-state index in [2.05, 4.69) is 20.9 Å². The molecule has 4 nitrogen and oxygen atoms in total. The van der Waals surface area contributed by atoms with Crippen LogP contribution in [0.25, 0.3) is 0 Å². The summed E-state index contributed by atoms with van der Waals surface area (Å²) < 4.78 is 52.5. The number of pyridine rings is 1. The lowest BCUT2D eigenvalue weighted by Crippen LogP contribution is -2.14. The molecule has 0 bridgehead atoms. The Balaban J connectivity index is 2.38. The predicted octanol–water partition coefficient (Wildman–Crippen LogP) is 3.58. The van der Waals surface area contributed by atoms with Crippen molar-refractivity contribution in [2.75, 3.05) is 4.72 Å². The number of nitrogens with zero attached hydrogens (tertiary/aromatic N) is 1. The number of nitrogens with one attached hydrogen (secondary N) is 1. The summed E-state index contributed by atoms with van der Waals surface area (Å²) >= 11 is 8.40. The number of benzene rings is 1. The van der Waals surface area contributed by atoms with Gasteiger partial charge in [-0.1, -0.05) is 11.6 Å². The largest absolute Gasteiger partial charge is 0.277 e. The average molecular weight is 384 g/mol. The molecule has 0 atom stereocenters. The summed E-state index contributed by atoms with van der Waals surface area (Å²) in [6.07, 6.45) is 1.03. The Morgan fingerprint density at radius 1 is 1.20 bits per heavy atom. The molecule has 0 saturated heterocycles. The van der Waals surface area contributed by atoms with E-state index in [4.69, 9.17) is 11.6 Å². The van der Waals surface area contributed by atoms with E-state index in [0.717, 1.165) is 12.3 Å². The highest BCUT2D eigenvalue weighted by atomic mass is 79.9. The molecule has 1 N–H and O–H groups in total. The summed E-state index contributed by atoms with van der Waals surface area (Å²) in [7, 11) is -4.04. The third-order valence-electron chi connectivity index (χ3n) is 2.26. The molecule has 0 aliphatic heterocycles. The van der Waals surface area contributed by atoms with Gasteiger partial charge in [-0.15, -0.1) is 0 Å². The first-order valence-electron chi connectivity index (χ1n) is 5.08. The molecule has 0 fully saturated rings. The normalized spacial score (nSPS) is 11.4. The van der Waals surface area contributed by atoms with Crippen molar-refractivity contribution in [1.82, 2.24) is 4.98 Å². The molecule has 0 radical (unpaired) electrons. The van der Waals surface area contributed by atoms with E-state index in [1.54, 1.807) is 0 Å². The smallest absolute Gasteiger partial charge is 0.263 e. The van der Waals surface area contributed by atoms with Gasteiger partial charge in [0.15, 0.2) is 0 Å². The van der Waals surface area contributed by atoms with Crippen molar-refractivity contribution in [3.63, 3.8) is 0 Å². The van der Waals surface area contributed by atoms with Crippen LogP contribution in [0, 0.1) is 11.6 Å². The van der Waals surface area contributed by atoms with Gasteiger partial charge in [0.1, 0.15) is 21.7 Å². The fourth-order valence-corrected chi connectivity index (χ4v) is 2.78. The average Bonchev–Trinajstić information content (AvgIpc) is 2.36. The van der Waals surface area contributed by atoms with Crippen molar-refractivity contribution in [3.05, 3.63) is 51.7 Å². The van der Waals surface area contributed by atoms with Crippen molar-refractivity contribution >= 4 is 43.2 Å². The van der Waals surface area contributed by atoms with Crippen molar-refractivity contribution in [2.45, 2.75) is 4.90 Å². The molecule has 0 amide bonds. The zero-order valence-corrected chi connectivity index (χ0v) is 12.7. The van der Waals surface area contributed by atoms with Gasteiger partial charge in [-0.25, -0.2) is 22.2 Å². The first-order valence-corrected chi connectivity index (χ1v) is 7.74. The highest BCUT2D eigenvalue weighted by Crippen LogP contribution is 2.25. The van der Waals surface area contributed by atoms with Gasteiger partial charge in [-0.05, 0) is 34.1 Å². The molecule has 0 spiro atoms. The lowest BCUT2D eigenvalue weighted by atomic mass is 10.3. The maximum atomic E-state index is 13.5. The van der Waals surface area contributed by atoms with E-state index in [0.29, 0.717) is 6.07 Å². The van der Waals surface area contributed by atoms with Gasteiger partial charge in [0.2, 0.25) is 0 Å². The van der Waals surface area contributed by atoms with Crippen molar-refractivity contribution in [3.8, 4) is 0 Å². The van der Waals surface area contributed by atoms with Gasteiger partial charge in [0.05, 0.1) is 10.2 Å². The number of anilines is 1. The molecule has 0 aliphatic carbocycles. The monoisotopic (exact) mass is 382 g/mol. The number of sulfonamides is 1. The van der Waals surface area contributed by atoms with Crippen LogP contribution in [0.1, 0.15) is 0 Å². The molecule has 2 aromatic rings. The van der Waals surface area contributed by atoms with Gasteiger partial charge in [-0.2, -0.15) is 0 Å². The minimum absolute atomic E-state index is 0.0640. The summed E-state index contributed by atoms with van der Waals surface area (Å²) in [5.41, 5.74) is -0.381. The first kappa shape index (κ1) is 15.1. The molecule has 0 aliphatic rings. The van der Waals surface area contributed by atoms with E-state index in [-0.39, 0.29) is 20.2 Å². The van der Waals surface area contributed by atoms with Gasteiger partial charge < -0.3 is 0 Å². The minimum atomic E-state index is -4.04. The van der Waals surface area contributed by atoms with Crippen molar-refractivity contribution in [1.29, 1.82) is 0 Å².